The maximum Gasteiger partial charge on any atom is 0.272 e. The van der Waals surface area contributed by atoms with Crippen LogP contribution in [0, 0.1) is 5.92 Å². The summed E-state index contributed by atoms with van der Waals surface area (Å²) in [6, 6.07) is 6.10. The maximum atomic E-state index is 13.9. The number of hydrogen-bond acceptors (Lipinski definition) is 8. The molecule has 0 unspecified atom stereocenters. The summed E-state index contributed by atoms with van der Waals surface area (Å²) in [6.07, 6.45) is 5.26. The molecule has 1 aromatic carbocycles. The van der Waals surface area contributed by atoms with E-state index in [4.69, 9.17) is 4.74 Å². The zero-order chi connectivity index (χ0) is 30.6. The molecule has 0 aliphatic carbocycles. The van der Waals surface area contributed by atoms with Gasteiger partial charge >= 0.3 is 0 Å². The van der Waals surface area contributed by atoms with E-state index in [-0.39, 0.29) is 31.0 Å². The van der Waals surface area contributed by atoms with E-state index in [1.54, 1.807) is 27.7 Å². The molecule has 42 heavy (non-hydrogen) atoms. The van der Waals surface area contributed by atoms with Gasteiger partial charge in [0.2, 0.25) is 17.7 Å². The minimum absolute atomic E-state index is 0.0633. The van der Waals surface area contributed by atoms with Crippen LogP contribution in [0.3, 0.4) is 0 Å². The molecule has 1 saturated heterocycles. The van der Waals surface area contributed by atoms with Crippen molar-refractivity contribution in [2.24, 2.45) is 5.92 Å². The fourth-order valence-corrected chi connectivity index (χ4v) is 4.66. The molecule has 2 heterocycles. The van der Waals surface area contributed by atoms with Crippen molar-refractivity contribution in [3.8, 4) is 0 Å². The third-order valence-electron chi connectivity index (χ3n) is 7.17. The number of nitrogens with one attached hydrogen (secondary N) is 3. The fourth-order valence-electron chi connectivity index (χ4n) is 4.66. The Morgan fingerprint density at radius 1 is 1.05 bits per heavy atom. The normalized spacial score (nSPS) is 18.5. The largest absolute Gasteiger partial charge is 0.372 e. The Hall–Kier alpha value is -4.19. The predicted molar refractivity (Wildman–Crippen MR) is 154 cm³/mol. The molecule has 226 valence electrons. The molecule has 4 amide bonds. The van der Waals surface area contributed by atoms with Gasteiger partial charge in [-0.1, -0.05) is 58.0 Å². The van der Waals surface area contributed by atoms with E-state index in [2.05, 4.69) is 25.9 Å². The van der Waals surface area contributed by atoms with Gasteiger partial charge in [0, 0.05) is 25.4 Å². The Balaban J connectivity index is 1.76. The Morgan fingerprint density at radius 2 is 1.79 bits per heavy atom. The molecule has 5 atom stereocenters. The van der Waals surface area contributed by atoms with Crippen molar-refractivity contribution < 1.29 is 28.7 Å². The molecule has 1 fully saturated rings. The molecule has 12 heteroatoms. The molecular weight excluding hydrogens is 540 g/mol. The lowest BCUT2D eigenvalue weighted by molar-refractivity contribution is -0.143. The highest BCUT2D eigenvalue weighted by molar-refractivity contribution is 5.98. The molecule has 3 rings (SSSR count). The summed E-state index contributed by atoms with van der Waals surface area (Å²) in [4.78, 5) is 73.7. The summed E-state index contributed by atoms with van der Waals surface area (Å²) in [7, 11) is 0. The topological polar surface area (TPSA) is 160 Å². The highest BCUT2D eigenvalue weighted by Gasteiger charge is 2.43. The van der Waals surface area contributed by atoms with Crippen LogP contribution in [-0.4, -0.2) is 81.6 Å². The Labute approximate surface area is 246 Å². The highest BCUT2D eigenvalue weighted by atomic mass is 16.5. The first kappa shape index (κ1) is 32.3. The van der Waals surface area contributed by atoms with E-state index in [0.29, 0.717) is 19.3 Å². The van der Waals surface area contributed by atoms with Gasteiger partial charge in [0.25, 0.3) is 5.91 Å². The van der Waals surface area contributed by atoms with Gasteiger partial charge in [-0.15, -0.1) is 0 Å². The van der Waals surface area contributed by atoms with E-state index in [0.717, 1.165) is 5.56 Å². The molecule has 3 N–H and O–H groups in total. The Kier molecular flexibility index (Phi) is 12.1. The summed E-state index contributed by atoms with van der Waals surface area (Å²) >= 11 is 0. The van der Waals surface area contributed by atoms with E-state index in [1.165, 1.54) is 23.5 Å². The second-order valence-electron chi connectivity index (χ2n) is 10.6. The lowest BCUT2D eigenvalue weighted by Crippen LogP contribution is -2.58. The Morgan fingerprint density at radius 3 is 2.38 bits per heavy atom. The van der Waals surface area contributed by atoms with E-state index >= 15 is 0 Å². The minimum Gasteiger partial charge on any atom is -0.372 e. The zero-order valence-electron chi connectivity index (χ0n) is 24.5. The summed E-state index contributed by atoms with van der Waals surface area (Å²) < 4.78 is 6.08. The highest BCUT2D eigenvalue weighted by Crippen LogP contribution is 2.24. The number of carbonyl (C=O) groups is 5. The van der Waals surface area contributed by atoms with Crippen molar-refractivity contribution in [1.29, 1.82) is 0 Å². The zero-order valence-corrected chi connectivity index (χ0v) is 24.5. The van der Waals surface area contributed by atoms with Crippen LogP contribution >= 0.6 is 0 Å². The number of likely N-dealkylation sites (tertiary alicyclic amines) is 1. The first-order chi connectivity index (χ1) is 20.2. The number of ether oxygens (including phenoxy) is 1. The fraction of sp³-hybridized carbons (Fsp3) is 0.500. The van der Waals surface area contributed by atoms with Crippen molar-refractivity contribution in [2.75, 3.05) is 6.54 Å². The van der Waals surface area contributed by atoms with Gasteiger partial charge in [0.05, 0.1) is 24.9 Å². The van der Waals surface area contributed by atoms with Crippen molar-refractivity contribution in [2.45, 2.75) is 83.8 Å². The molecule has 0 saturated carbocycles. The van der Waals surface area contributed by atoms with Crippen molar-refractivity contribution in [1.82, 2.24) is 30.8 Å². The first-order valence-corrected chi connectivity index (χ1v) is 14.3. The van der Waals surface area contributed by atoms with Crippen LogP contribution in [0.25, 0.3) is 0 Å². The Bertz CT molecular complexity index is 1210. The molecule has 1 aliphatic rings. The number of hydrogen-bond donors (Lipinski definition) is 3. The van der Waals surface area contributed by atoms with Crippen LogP contribution in [-0.2, 0) is 30.5 Å². The molecule has 0 bridgehead atoms. The summed E-state index contributed by atoms with van der Waals surface area (Å²) in [5.74, 6) is -2.33. The maximum absolute atomic E-state index is 13.9. The lowest BCUT2D eigenvalue weighted by Gasteiger charge is -2.31. The quantitative estimate of drug-likeness (QED) is 0.283. The third kappa shape index (κ3) is 8.65. The average Bonchev–Trinajstić information content (AvgIpc) is 3.45. The van der Waals surface area contributed by atoms with Crippen molar-refractivity contribution in [3.63, 3.8) is 0 Å². The van der Waals surface area contributed by atoms with Crippen molar-refractivity contribution >= 4 is 29.9 Å². The number of amides is 4. The van der Waals surface area contributed by atoms with Gasteiger partial charge in [0.15, 0.2) is 0 Å². The number of aromatic nitrogens is 2. The van der Waals surface area contributed by atoms with E-state index in [1.807, 2.05) is 30.3 Å². The lowest BCUT2D eigenvalue weighted by atomic mass is 10.0. The van der Waals surface area contributed by atoms with E-state index in [9.17, 15) is 24.0 Å². The second-order valence-corrected chi connectivity index (χ2v) is 10.6. The number of aldehydes is 1. The van der Waals surface area contributed by atoms with Crippen LogP contribution in [0.2, 0.25) is 0 Å². The van der Waals surface area contributed by atoms with Crippen LogP contribution < -0.4 is 16.0 Å². The number of nitrogens with zero attached hydrogens (tertiary/aromatic N) is 3. The van der Waals surface area contributed by atoms with Crippen LogP contribution in [0.5, 0.6) is 0 Å². The van der Waals surface area contributed by atoms with Gasteiger partial charge < -0.3 is 30.4 Å². The summed E-state index contributed by atoms with van der Waals surface area (Å²) in [5.41, 5.74) is 1.02. The molecule has 12 nitrogen and oxygen atoms in total. The molecule has 2 aromatic rings. The standard InChI is InChI=1S/C30H40N6O6/c1-5-21(17-37)33-29(40)25-14-22(42-18-20-10-8-7-9-11-20)16-36(25)30(41)26(19(3)4)35-27(38)23(6-2)34-28(39)24-15-31-12-13-32-24/h7-13,15,17,19,21-23,25-26H,5-6,14,16,18H2,1-4H3,(H,33,40)(H,34,39)(H,35,38)/t21-,22+,23-,25-,26-/m0/s1. The molecule has 1 aliphatic heterocycles. The first-order valence-electron chi connectivity index (χ1n) is 14.3. The van der Waals surface area contributed by atoms with Gasteiger partial charge in [-0.25, -0.2) is 4.98 Å². The monoisotopic (exact) mass is 580 g/mol. The van der Waals surface area contributed by atoms with Gasteiger partial charge in [-0.3, -0.25) is 24.2 Å². The van der Waals surface area contributed by atoms with Gasteiger partial charge in [0.1, 0.15) is 30.1 Å². The predicted octanol–water partition coefficient (Wildman–Crippen LogP) is 1.41. The summed E-state index contributed by atoms with van der Waals surface area (Å²) in [5, 5.41) is 8.14. The molecule has 0 radical (unpaired) electrons. The molecule has 0 spiro atoms. The molecule has 1 aromatic heterocycles. The summed E-state index contributed by atoms with van der Waals surface area (Å²) in [6.45, 7) is 7.54. The van der Waals surface area contributed by atoms with E-state index < -0.39 is 53.9 Å². The number of rotatable bonds is 14. The average molecular weight is 581 g/mol. The minimum atomic E-state index is -0.976. The SMILES string of the molecule is CC[C@@H](C=O)NC(=O)[C@@H]1C[C@@H](OCc2ccccc2)CN1C(=O)[C@@H](NC(=O)[C@H](CC)NC(=O)c1cnccn1)C(C)C. The number of carbonyl (C=O) groups excluding carboxylic acids is 5. The van der Waals surface area contributed by atoms with Crippen LogP contribution in [0.1, 0.15) is 63.0 Å². The second kappa shape index (κ2) is 15.7. The van der Waals surface area contributed by atoms with Crippen LogP contribution in [0.15, 0.2) is 48.9 Å². The van der Waals surface area contributed by atoms with Gasteiger partial charge in [-0.05, 0) is 24.3 Å². The van der Waals surface area contributed by atoms with Gasteiger partial charge in [-0.2, -0.15) is 0 Å². The third-order valence-corrected chi connectivity index (χ3v) is 7.17. The van der Waals surface area contributed by atoms with Crippen molar-refractivity contribution in [3.05, 3.63) is 60.2 Å². The van der Waals surface area contributed by atoms with Crippen LogP contribution in [0.4, 0.5) is 0 Å². The smallest absolute Gasteiger partial charge is 0.272 e. The molecular formula is C30H40N6O6. The number of benzene rings is 1.